The molecule has 0 aromatic carbocycles. The van der Waals surface area contributed by atoms with Crippen molar-refractivity contribution >= 4 is 0 Å². The molecule has 4 rings (SSSR count). The first-order chi connectivity index (χ1) is 17.6. The molecule has 0 radical (unpaired) electrons. The molecule has 0 saturated carbocycles. The van der Waals surface area contributed by atoms with Crippen molar-refractivity contribution in [1.29, 1.82) is 0 Å². The topological polar surface area (TPSA) is 46.2 Å². The second-order valence-corrected chi connectivity index (χ2v) is 16.3. The molecule has 0 bridgehead atoms. The van der Waals surface area contributed by atoms with Crippen molar-refractivity contribution in [3.8, 4) is 0 Å². The molecule has 0 N–H and O–H groups in total. The normalized spacial score (nSPS) is 48.6. The van der Waals surface area contributed by atoms with Gasteiger partial charge in [-0.15, -0.1) is 0 Å². The van der Waals surface area contributed by atoms with Gasteiger partial charge in [-0.25, -0.2) is 0 Å². The van der Waals surface area contributed by atoms with Crippen molar-refractivity contribution in [2.45, 2.75) is 195 Å². The zero-order valence-corrected chi connectivity index (χ0v) is 28.3. The molecule has 0 spiro atoms. The van der Waals surface area contributed by atoms with Crippen LogP contribution in [0.5, 0.6) is 0 Å². The van der Waals surface area contributed by atoms with Crippen molar-refractivity contribution < 1.29 is 23.7 Å². The molecule has 8 unspecified atom stereocenters. The monoisotopic (exact) mass is 550 g/mol. The third-order valence-electron chi connectivity index (χ3n) is 14.1. The van der Waals surface area contributed by atoms with Crippen LogP contribution in [0.25, 0.3) is 0 Å². The van der Waals surface area contributed by atoms with Crippen LogP contribution >= 0.6 is 0 Å². The summed E-state index contributed by atoms with van der Waals surface area (Å²) in [5, 5.41) is 0. The fraction of sp³-hybridized carbons (Fsp3) is 1.00. The number of ether oxygens (including phenoxy) is 5. The van der Waals surface area contributed by atoms with Crippen LogP contribution in [0.2, 0.25) is 0 Å². The van der Waals surface area contributed by atoms with Gasteiger partial charge in [-0.3, -0.25) is 0 Å². The fourth-order valence-electron chi connectivity index (χ4n) is 8.48. The van der Waals surface area contributed by atoms with Gasteiger partial charge in [0.1, 0.15) is 12.2 Å². The summed E-state index contributed by atoms with van der Waals surface area (Å²) in [6.45, 7) is 36.4. The van der Waals surface area contributed by atoms with Gasteiger partial charge in [-0.2, -0.15) is 0 Å². The van der Waals surface area contributed by atoms with Crippen LogP contribution in [0.15, 0.2) is 0 Å². The van der Waals surface area contributed by atoms with Gasteiger partial charge in [0.05, 0.1) is 46.8 Å². The maximum atomic E-state index is 7.53. The Labute approximate surface area is 240 Å². The van der Waals surface area contributed by atoms with Crippen molar-refractivity contribution in [2.24, 2.45) is 21.7 Å². The van der Waals surface area contributed by atoms with E-state index in [9.17, 15) is 0 Å². The lowest BCUT2D eigenvalue weighted by Crippen LogP contribution is -2.80. The van der Waals surface area contributed by atoms with Gasteiger partial charge in [0.25, 0.3) is 0 Å². The first kappa shape index (κ1) is 31.7. The van der Waals surface area contributed by atoms with E-state index in [1.54, 1.807) is 0 Å². The fourth-order valence-corrected chi connectivity index (χ4v) is 8.48. The average Bonchev–Trinajstić information content (AvgIpc) is 2.87. The molecule has 4 fully saturated rings. The van der Waals surface area contributed by atoms with Gasteiger partial charge < -0.3 is 23.7 Å². The van der Waals surface area contributed by atoms with E-state index >= 15 is 0 Å². The molecule has 5 heteroatoms. The lowest BCUT2D eigenvalue weighted by atomic mass is 9.55. The zero-order chi connectivity index (χ0) is 29.8. The van der Waals surface area contributed by atoms with Gasteiger partial charge in [0.2, 0.25) is 0 Å². The van der Waals surface area contributed by atoms with Gasteiger partial charge in [-0.05, 0) is 81.1 Å². The van der Waals surface area contributed by atoms with Gasteiger partial charge in [0, 0.05) is 21.7 Å². The second kappa shape index (κ2) is 9.15. The molecule has 5 nitrogen and oxygen atoms in total. The lowest BCUT2D eigenvalue weighted by molar-refractivity contribution is -0.428. The summed E-state index contributed by atoms with van der Waals surface area (Å²) in [6.07, 6.45) is 3.41. The van der Waals surface area contributed by atoms with Crippen LogP contribution in [0.1, 0.15) is 136 Å². The minimum absolute atomic E-state index is 0.0262. The van der Waals surface area contributed by atoms with Gasteiger partial charge in [0.15, 0.2) is 0 Å². The van der Waals surface area contributed by atoms with Crippen molar-refractivity contribution in [3.05, 3.63) is 0 Å². The predicted molar refractivity (Wildman–Crippen MR) is 158 cm³/mol. The van der Waals surface area contributed by atoms with Gasteiger partial charge >= 0.3 is 0 Å². The van der Waals surface area contributed by atoms with Crippen molar-refractivity contribution in [2.75, 3.05) is 0 Å². The molecule has 39 heavy (non-hydrogen) atoms. The zero-order valence-electron chi connectivity index (χ0n) is 28.3. The molecule has 0 aromatic heterocycles. The van der Waals surface area contributed by atoms with Crippen LogP contribution < -0.4 is 0 Å². The molecule has 0 aliphatic carbocycles. The van der Waals surface area contributed by atoms with E-state index in [0.717, 1.165) is 25.7 Å². The quantitative estimate of drug-likeness (QED) is 0.275. The van der Waals surface area contributed by atoms with Crippen LogP contribution in [0, 0.1) is 21.7 Å². The Morgan fingerprint density at radius 2 is 0.590 bits per heavy atom. The Bertz CT molecular complexity index is 794. The van der Waals surface area contributed by atoms with E-state index < -0.39 is 0 Å². The van der Waals surface area contributed by atoms with E-state index in [0.29, 0.717) is 0 Å². The Balaban J connectivity index is 1.79. The van der Waals surface area contributed by atoms with E-state index in [1.807, 2.05) is 0 Å². The molecule has 4 heterocycles. The summed E-state index contributed by atoms with van der Waals surface area (Å²) < 4.78 is 34.6. The summed E-state index contributed by atoms with van der Waals surface area (Å²) in [5.41, 5.74) is -0.973. The Morgan fingerprint density at radius 1 is 0.410 bits per heavy atom. The third kappa shape index (κ3) is 3.88. The third-order valence-corrected chi connectivity index (χ3v) is 14.1. The summed E-state index contributed by atoms with van der Waals surface area (Å²) in [6, 6.07) is 0. The molecule has 228 valence electrons. The largest absolute Gasteiger partial charge is 0.368 e. The minimum Gasteiger partial charge on any atom is -0.368 e. The molecular formula is C34H62O5. The standard InChI is InChI=1S/C34H62O5/c1-17-31(13)23(36-27(31,5)6)21(24-32(14,18-2)28(7,8)37-24)35-22(25-33(15,19-3)29(9,10)38-25)26-34(16,20-4)30(11,12)39-26/h21-26H,17-20H2,1-16H3. The Hall–Kier alpha value is -0.200. The smallest absolute Gasteiger partial charge is 0.112 e. The van der Waals surface area contributed by atoms with Gasteiger partial charge in [-0.1, -0.05) is 55.4 Å². The van der Waals surface area contributed by atoms with E-state index in [-0.39, 0.29) is 80.7 Å². The molecular weight excluding hydrogens is 488 g/mol. The summed E-state index contributed by atoms with van der Waals surface area (Å²) in [5.74, 6) is 0. The van der Waals surface area contributed by atoms with Crippen LogP contribution in [-0.4, -0.2) is 59.0 Å². The highest BCUT2D eigenvalue weighted by Crippen LogP contribution is 2.63. The second-order valence-electron chi connectivity index (χ2n) is 16.3. The molecule has 0 amide bonds. The van der Waals surface area contributed by atoms with Crippen molar-refractivity contribution in [3.63, 3.8) is 0 Å². The van der Waals surface area contributed by atoms with E-state index in [4.69, 9.17) is 23.7 Å². The summed E-state index contributed by atoms with van der Waals surface area (Å²) >= 11 is 0. The minimum atomic E-state index is -0.217. The highest BCUT2D eigenvalue weighted by Gasteiger charge is 2.72. The molecule has 4 saturated heterocycles. The van der Waals surface area contributed by atoms with E-state index in [2.05, 4.69) is 111 Å². The number of rotatable bonds is 10. The first-order valence-corrected chi connectivity index (χ1v) is 16.0. The molecule has 4 aliphatic rings. The lowest BCUT2D eigenvalue weighted by Gasteiger charge is -2.71. The van der Waals surface area contributed by atoms with Crippen LogP contribution in [0.3, 0.4) is 0 Å². The Morgan fingerprint density at radius 3 is 0.718 bits per heavy atom. The van der Waals surface area contributed by atoms with Crippen LogP contribution in [0.4, 0.5) is 0 Å². The highest BCUT2D eigenvalue weighted by molar-refractivity contribution is 5.19. The SMILES string of the molecule is CCC1(C)C(C(OC(C2OC(C)(C)C2(C)CC)C2OC(C)(C)C2(C)CC)C2OC(C)(C)C2(C)CC)OC1(C)C. The highest BCUT2D eigenvalue weighted by atomic mass is 16.6. The number of hydrogen-bond donors (Lipinski definition) is 0. The van der Waals surface area contributed by atoms with Crippen LogP contribution in [-0.2, 0) is 23.7 Å². The van der Waals surface area contributed by atoms with Crippen molar-refractivity contribution in [1.82, 2.24) is 0 Å². The maximum Gasteiger partial charge on any atom is 0.112 e. The average molecular weight is 551 g/mol. The first-order valence-electron chi connectivity index (χ1n) is 16.0. The molecule has 4 aliphatic heterocycles. The predicted octanol–water partition coefficient (Wildman–Crippen LogP) is 8.12. The number of hydrogen-bond acceptors (Lipinski definition) is 5. The summed E-state index contributed by atoms with van der Waals surface area (Å²) in [7, 11) is 0. The molecule has 0 aromatic rings. The molecule has 8 atom stereocenters. The van der Waals surface area contributed by atoms with E-state index in [1.165, 1.54) is 0 Å². The maximum absolute atomic E-state index is 7.53. The Kier molecular flexibility index (Phi) is 7.44. The summed E-state index contributed by atoms with van der Waals surface area (Å²) in [4.78, 5) is 0.